The third kappa shape index (κ3) is 25.7. The van der Waals surface area contributed by atoms with E-state index in [0.29, 0.717) is 0 Å². The Balaban J connectivity index is -0.000000000833. The zero-order valence-electron chi connectivity index (χ0n) is 2.46. The van der Waals surface area contributed by atoms with E-state index in [0.717, 1.165) is 0 Å². The second-order valence-electron chi connectivity index (χ2n) is 0. The van der Waals surface area contributed by atoms with E-state index < -0.39 is 0 Å². The number of hydrogen-bond donors (Lipinski definition) is 0. The predicted octanol–water partition coefficient (Wildman–Crippen LogP) is -3.94. The summed E-state index contributed by atoms with van der Waals surface area (Å²) in [5, 5.41) is 0. The molecule has 0 unspecified atom stereocenters. The minimum Gasteiger partial charge on any atom is 0 e. The van der Waals surface area contributed by atoms with Gasteiger partial charge in [-0.3, -0.25) is 0 Å². The van der Waals surface area contributed by atoms with Crippen molar-refractivity contribution in [2.45, 2.75) is 0 Å². The van der Waals surface area contributed by atoms with Gasteiger partial charge in [0.05, 0.1) is 0 Å². The van der Waals surface area contributed by atoms with Crippen molar-refractivity contribution < 1.29 is 38.8 Å². The molecule has 0 heterocycles. The van der Waals surface area contributed by atoms with E-state index in [-0.39, 0.29) is 79.2 Å². The average molecular weight is 310 g/mol. The molecule has 0 N–H and O–H groups in total. The molecule has 0 amide bonds. The Morgan fingerprint density at radius 1 is 1.17 bits per heavy atom. The van der Waals surface area contributed by atoms with Crippen molar-refractivity contribution in [3.63, 3.8) is 0 Å². The molecule has 0 aliphatic carbocycles. The summed E-state index contributed by atoms with van der Waals surface area (Å²) in [7, 11) is 1.44. The first-order valence-electron chi connectivity index (χ1n) is 0.577. The molecule has 0 aromatic rings. The van der Waals surface area contributed by atoms with Crippen LogP contribution in [0.4, 0.5) is 0 Å². The molecule has 0 aromatic heterocycles. The second-order valence-corrected chi connectivity index (χ2v) is 0. The summed E-state index contributed by atoms with van der Waals surface area (Å²) >= 11 is 1.49. The molecular weight excluding hydrogens is 301 g/mol. The van der Waals surface area contributed by atoms with Crippen LogP contribution in [-0.4, -0.2) is 69.9 Å². The third-order valence-corrected chi connectivity index (χ3v) is 0. The van der Waals surface area contributed by atoms with Crippen LogP contribution in [0.1, 0.15) is 0 Å². The van der Waals surface area contributed by atoms with Crippen LogP contribution in [0, 0.1) is 0 Å². The summed E-state index contributed by atoms with van der Waals surface area (Å²) in [5.74, 6) is 0. The molecule has 0 atom stereocenters. The molecule has 0 aromatic carbocycles. The molecular formula is H9AlMgMnSiSnTi. The minimum absolute atomic E-state index is 0. The zero-order valence-corrected chi connectivity index (χ0v) is 10.5. The standard InChI is InChI=1S/Al.Mg.Mn.H3Si.Sn.Ti.6H/h;;;1H3;;;;;;;;. The van der Waals surface area contributed by atoms with Gasteiger partial charge in [0.25, 0.3) is 0 Å². The molecule has 3 radical (unpaired) electrons. The van der Waals surface area contributed by atoms with Gasteiger partial charge in [0.15, 0.2) is 17.4 Å². The van der Waals surface area contributed by atoms with Crippen LogP contribution < -0.4 is 0 Å². The van der Waals surface area contributed by atoms with E-state index in [4.69, 9.17) is 0 Å². The van der Waals surface area contributed by atoms with E-state index >= 15 is 0 Å². The van der Waals surface area contributed by atoms with Crippen LogP contribution in [0.5, 0.6) is 0 Å². The van der Waals surface area contributed by atoms with Crippen LogP contribution in [0.25, 0.3) is 0 Å². The maximum Gasteiger partial charge on any atom is 0 e. The summed E-state index contributed by atoms with van der Waals surface area (Å²) in [4.78, 5) is 0. The van der Waals surface area contributed by atoms with Gasteiger partial charge in [-0.25, -0.2) is 0 Å². The molecule has 0 rings (SSSR count). The molecule has 0 nitrogen and oxygen atoms in total. The summed E-state index contributed by atoms with van der Waals surface area (Å²) in [5.41, 5.74) is 0. The fourth-order valence-electron chi connectivity index (χ4n) is 0. The van der Waals surface area contributed by atoms with E-state index in [1.165, 1.54) is 29.5 Å². The van der Waals surface area contributed by atoms with Crippen molar-refractivity contribution in [1.82, 2.24) is 0 Å². The SMILES string of the molecule is [AlH3].[MgH2].[Mn].[SiH3][SnH].[Ti]. The Labute approximate surface area is 107 Å². The van der Waals surface area contributed by atoms with Gasteiger partial charge in [-0.05, 0) is 0 Å². The molecule has 0 aliphatic rings. The van der Waals surface area contributed by atoms with Crippen molar-refractivity contribution in [2.24, 2.45) is 0 Å². The van der Waals surface area contributed by atoms with Crippen molar-refractivity contribution in [1.29, 1.82) is 0 Å². The van der Waals surface area contributed by atoms with Gasteiger partial charge in [0, 0.05) is 38.8 Å². The van der Waals surface area contributed by atoms with Crippen LogP contribution in [0.3, 0.4) is 0 Å². The normalized spacial score (nSPS) is 1.50. The molecule has 0 saturated carbocycles. The minimum atomic E-state index is 0. The van der Waals surface area contributed by atoms with Gasteiger partial charge in [0.1, 0.15) is 0 Å². The zero-order chi connectivity index (χ0) is 2.00. The van der Waals surface area contributed by atoms with Crippen LogP contribution in [0.15, 0.2) is 0 Å². The van der Waals surface area contributed by atoms with E-state index in [1.807, 2.05) is 0 Å². The van der Waals surface area contributed by atoms with Crippen molar-refractivity contribution in [2.75, 3.05) is 0 Å². The van der Waals surface area contributed by atoms with Crippen molar-refractivity contribution in [3.8, 4) is 0 Å². The van der Waals surface area contributed by atoms with Gasteiger partial charge < -0.3 is 0 Å². The quantitative estimate of drug-likeness (QED) is 0.401. The molecule has 33 valence electrons. The predicted molar refractivity (Wildman–Crippen MR) is 35.6 cm³/mol. The first kappa shape index (κ1) is 33.7. The Morgan fingerprint density at radius 2 is 1.17 bits per heavy atom. The molecule has 0 bridgehead atoms. The van der Waals surface area contributed by atoms with Crippen molar-refractivity contribution >= 4 is 69.9 Å². The molecule has 0 spiro atoms. The van der Waals surface area contributed by atoms with Gasteiger partial charge >= 0.3 is 52.5 Å². The summed E-state index contributed by atoms with van der Waals surface area (Å²) in [6, 6.07) is 0. The maximum atomic E-state index is 1.49. The monoisotopic (exact) mass is 311 g/mol. The largest absolute Gasteiger partial charge is 0 e. The third-order valence-electron chi connectivity index (χ3n) is 0. The van der Waals surface area contributed by atoms with Gasteiger partial charge in [-0.15, -0.1) is 0 Å². The topological polar surface area (TPSA) is 0 Å². The maximum absolute atomic E-state index is 1.49. The van der Waals surface area contributed by atoms with Crippen molar-refractivity contribution in [3.05, 3.63) is 0 Å². The molecule has 0 fully saturated rings. The fraction of sp³-hybridized carbons (Fsp3) is 0. The van der Waals surface area contributed by atoms with Crippen LogP contribution >= 0.6 is 0 Å². The molecule has 6 heavy (non-hydrogen) atoms. The molecule has 0 saturated heterocycles. The Hall–Kier alpha value is 3.55. The molecule has 0 aliphatic heterocycles. The van der Waals surface area contributed by atoms with E-state index in [2.05, 4.69) is 0 Å². The van der Waals surface area contributed by atoms with Gasteiger partial charge in [-0.1, -0.05) is 0 Å². The van der Waals surface area contributed by atoms with E-state index in [1.54, 1.807) is 0 Å². The Bertz CT molecular complexity index is 15.5. The first-order valence-corrected chi connectivity index (χ1v) is 11.6. The molecule has 6 heteroatoms. The fourth-order valence-corrected chi connectivity index (χ4v) is 0. The second kappa shape index (κ2) is 38.7. The number of hydrogen-bond acceptors (Lipinski definition) is 0. The first-order chi connectivity index (χ1) is 1.00. The summed E-state index contributed by atoms with van der Waals surface area (Å²) < 4.78 is 0. The van der Waals surface area contributed by atoms with Crippen LogP contribution in [-0.2, 0) is 38.8 Å². The Morgan fingerprint density at radius 3 is 1.17 bits per heavy atom. The summed E-state index contributed by atoms with van der Waals surface area (Å²) in [6.45, 7) is 0. The van der Waals surface area contributed by atoms with Crippen LogP contribution in [0.2, 0.25) is 0 Å². The van der Waals surface area contributed by atoms with E-state index in [9.17, 15) is 0 Å². The Kier molecular flexibility index (Phi) is 217. The average Bonchev–Trinajstić information content (AvgIpc) is 1.00. The van der Waals surface area contributed by atoms with Gasteiger partial charge in [-0.2, -0.15) is 0 Å². The van der Waals surface area contributed by atoms with Gasteiger partial charge in [0.2, 0.25) is 0 Å². The smallest absolute Gasteiger partial charge is 0 e. The summed E-state index contributed by atoms with van der Waals surface area (Å²) in [6.07, 6.45) is 0. The number of rotatable bonds is 0.